The summed E-state index contributed by atoms with van der Waals surface area (Å²) in [5.41, 5.74) is 2.32. The van der Waals surface area contributed by atoms with Crippen molar-refractivity contribution < 1.29 is 9.53 Å². The maximum Gasteiger partial charge on any atom is 0.331 e. The SMILES string of the molecule is CC(C)(C)OC(=O)C=Cc1cc(-c2cn[nH]c2)c2ccc(Cl)c(Cl)c2n1. The lowest BCUT2D eigenvalue weighted by atomic mass is 10.0. The number of aromatic nitrogens is 3. The molecule has 0 saturated carbocycles. The summed E-state index contributed by atoms with van der Waals surface area (Å²) in [4.78, 5) is 16.5. The van der Waals surface area contributed by atoms with Gasteiger partial charge in [-0.25, -0.2) is 9.78 Å². The largest absolute Gasteiger partial charge is 0.457 e. The number of hydrogen-bond acceptors (Lipinski definition) is 4. The Hall–Kier alpha value is -2.37. The van der Waals surface area contributed by atoms with Crippen molar-refractivity contribution in [3.63, 3.8) is 0 Å². The van der Waals surface area contributed by atoms with E-state index in [-0.39, 0.29) is 0 Å². The molecule has 1 N–H and O–H groups in total. The van der Waals surface area contributed by atoms with Gasteiger partial charge in [0.05, 0.1) is 27.5 Å². The second kappa shape index (κ2) is 7.09. The number of ether oxygens (including phenoxy) is 1. The van der Waals surface area contributed by atoms with Crippen molar-refractivity contribution in [3.05, 3.63) is 52.4 Å². The second-order valence-electron chi connectivity index (χ2n) is 6.71. The summed E-state index contributed by atoms with van der Waals surface area (Å²) in [5, 5.41) is 8.41. The van der Waals surface area contributed by atoms with E-state index >= 15 is 0 Å². The fourth-order valence-corrected chi connectivity index (χ4v) is 2.82. The van der Waals surface area contributed by atoms with Crippen LogP contribution < -0.4 is 0 Å². The molecule has 0 saturated heterocycles. The molecule has 0 radical (unpaired) electrons. The number of hydrogen-bond donors (Lipinski definition) is 1. The normalized spacial score (nSPS) is 12.0. The molecule has 0 unspecified atom stereocenters. The monoisotopic (exact) mass is 389 g/mol. The van der Waals surface area contributed by atoms with Crippen molar-refractivity contribution in [2.24, 2.45) is 0 Å². The lowest BCUT2D eigenvalue weighted by Gasteiger charge is -2.17. The fraction of sp³-hybridized carbons (Fsp3) is 0.211. The number of benzene rings is 1. The number of nitrogens with zero attached hydrogens (tertiary/aromatic N) is 2. The van der Waals surface area contributed by atoms with Gasteiger partial charge in [0.2, 0.25) is 0 Å². The molecule has 26 heavy (non-hydrogen) atoms. The van der Waals surface area contributed by atoms with E-state index in [9.17, 15) is 4.79 Å². The number of nitrogens with one attached hydrogen (secondary N) is 1. The van der Waals surface area contributed by atoms with E-state index in [2.05, 4.69) is 15.2 Å². The summed E-state index contributed by atoms with van der Waals surface area (Å²) in [6, 6.07) is 5.45. The van der Waals surface area contributed by atoms with Gasteiger partial charge in [-0.15, -0.1) is 0 Å². The first-order valence-electron chi connectivity index (χ1n) is 7.93. The Morgan fingerprint density at radius 3 is 2.69 bits per heavy atom. The molecule has 134 valence electrons. The summed E-state index contributed by atoms with van der Waals surface area (Å²) < 4.78 is 5.28. The van der Waals surface area contributed by atoms with E-state index in [1.807, 2.05) is 32.9 Å². The third-order valence-corrected chi connectivity index (χ3v) is 4.29. The minimum Gasteiger partial charge on any atom is -0.457 e. The number of fused-ring (bicyclic) bond motifs is 1. The standard InChI is InChI=1S/C19H17Cl2N3O2/c1-19(2,3)26-16(25)7-4-12-8-14(11-9-22-23-10-11)13-5-6-15(20)17(21)18(13)24-12/h4-10H,1-3H3,(H,22,23). The van der Waals surface area contributed by atoms with Crippen LogP contribution >= 0.6 is 23.2 Å². The van der Waals surface area contributed by atoms with Gasteiger partial charge in [-0.1, -0.05) is 29.3 Å². The molecule has 3 aromatic rings. The van der Waals surface area contributed by atoms with Crippen molar-refractivity contribution in [2.75, 3.05) is 0 Å². The molecule has 7 heteroatoms. The van der Waals surface area contributed by atoms with Crippen LogP contribution in [-0.4, -0.2) is 26.8 Å². The molecule has 2 aromatic heterocycles. The molecule has 0 spiro atoms. The Morgan fingerprint density at radius 2 is 2.04 bits per heavy atom. The highest BCUT2D eigenvalue weighted by Crippen LogP contribution is 2.35. The molecule has 0 amide bonds. The van der Waals surface area contributed by atoms with Crippen LogP contribution in [0, 0.1) is 0 Å². The molecule has 0 atom stereocenters. The topological polar surface area (TPSA) is 67.9 Å². The highest BCUT2D eigenvalue weighted by molar-refractivity contribution is 6.45. The molecule has 5 nitrogen and oxygen atoms in total. The molecule has 0 bridgehead atoms. The van der Waals surface area contributed by atoms with Crippen LogP contribution in [-0.2, 0) is 9.53 Å². The number of aromatic amines is 1. The molecule has 0 aliphatic carbocycles. The first kappa shape index (κ1) is 18.4. The molecule has 0 fully saturated rings. The van der Waals surface area contributed by atoms with E-state index in [0.29, 0.717) is 21.3 Å². The zero-order chi connectivity index (χ0) is 18.9. The highest BCUT2D eigenvalue weighted by atomic mass is 35.5. The Labute approximate surface area is 161 Å². The maximum absolute atomic E-state index is 11.9. The quantitative estimate of drug-likeness (QED) is 0.488. The smallest absolute Gasteiger partial charge is 0.331 e. The molecular weight excluding hydrogens is 373 g/mol. The van der Waals surface area contributed by atoms with Gasteiger partial charge in [0.1, 0.15) is 5.60 Å². The first-order chi connectivity index (χ1) is 12.2. The number of esters is 1. The Balaban J connectivity index is 2.09. The summed E-state index contributed by atoms with van der Waals surface area (Å²) in [5.74, 6) is -0.443. The third-order valence-electron chi connectivity index (χ3n) is 3.50. The van der Waals surface area contributed by atoms with E-state index in [4.69, 9.17) is 27.9 Å². The average Bonchev–Trinajstić information content (AvgIpc) is 3.09. The van der Waals surface area contributed by atoms with Crippen LogP contribution in [0.3, 0.4) is 0 Å². The zero-order valence-corrected chi connectivity index (χ0v) is 16.0. The van der Waals surface area contributed by atoms with Crippen molar-refractivity contribution in [3.8, 4) is 11.1 Å². The lowest BCUT2D eigenvalue weighted by molar-refractivity contribution is -0.148. The van der Waals surface area contributed by atoms with Gasteiger partial charge in [-0.2, -0.15) is 5.10 Å². The Morgan fingerprint density at radius 1 is 1.27 bits per heavy atom. The number of H-pyrrole nitrogens is 1. The first-order valence-corrected chi connectivity index (χ1v) is 8.69. The van der Waals surface area contributed by atoms with Crippen molar-refractivity contribution in [1.29, 1.82) is 0 Å². The molecule has 3 rings (SSSR count). The van der Waals surface area contributed by atoms with Gasteiger partial charge in [-0.3, -0.25) is 5.10 Å². The number of rotatable bonds is 3. The molecular formula is C19H17Cl2N3O2. The van der Waals surface area contributed by atoms with Crippen molar-refractivity contribution >= 4 is 46.2 Å². The van der Waals surface area contributed by atoms with Crippen LogP contribution in [0.1, 0.15) is 26.5 Å². The lowest BCUT2D eigenvalue weighted by Crippen LogP contribution is -2.22. The fourth-order valence-electron chi connectivity index (χ4n) is 2.47. The maximum atomic E-state index is 11.9. The highest BCUT2D eigenvalue weighted by Gasteiger charge is 2.15. The zero-order valence-electron chi connectivity index (χ0n) is 14.5. The number of carbonyl (C=O) groups excluding carboxylic acids is 1. The van der Waals surface area contributed by atoms with Gasteiger partial charge >= 0.3 is 5.97 Å². The summed E-state index contributed by atoms with van der Waals surface area (Å²) in [7, 11) is 0. The van der Waals surface area contributed by atoms with Gasteiger partial charge in [0.25, 0.3) is 0 Å². The molecule has 0 aliphatic rings. The molecule has 1 aromatic carbocycles. The van der Waals surface area contributed by atoms with Crippen LogP contribution in [0.2, 0.25) is 10.0 Å². The Kier molecular flexibility index (Phi) is 5.03. The number of halogens is 2. The van der Waals surface area contributed by atoms with Crippen molar-refractivity contribution in [1.82, 2.24) is 15.2 Å². The minimum absolute atomic E-state index is 0.362. The van der Waals surface area contributed by atoms with Gasteiger partial charge < -0.3 is 4.74 Å². The van der Waals surface area contributed by atoms with Crippen LogP contribution in [0.5, 0.6) is 0 Å². The van der Waals surface area contributed by atoms with E-state index in [1.54, 1.807) is 24.5 Å². The predicted octanol–water partition coefficient (Wildman–Crippen LogP) is 5.29. The van der Waals surface area contributed by atoms with Gasteiger partial charge in [0, 0.05) is 23.2 Å². The van der Waals surface area contributed by atoms with E-state index < -0.39 is 11.6 Å². The summed E-state index contributed by atoms with van der Waals surface area (Å²) in [6.07, 6.45) is 6.42. The third kappa shape index (κ3) is 4.06. The van der Waals surface area contributed by atoms with Crippen LogP contribution in [0.25, 0.3) is 28.1 Å². The molecule has 0 aliphatic heterocycles. The minimum atomic E-state index is -0.559. The summed E-state index contributed by atoms with van der Waals surface area (Å²) in [6.45, 7) is 5.43. The Bertz CT molecular complexity index is 990. The average molecular weight is 390 g/mol. The van der Waals surface area contributed by atoms with E-state index in [0.717, 1.165) is 16.5 Å². The second-order valence-corrected chi connectivity index (χ2v) is 7.49. The van der Waals surface area contributed by atoms with Crippen LogP contribution in [0.4, 0.5) is 0 Å². The van der Waals surface area contributed by atoms with Crippen molar-refractivity contribution in [2.45, 2.75) is 26.4 Å². The van der Waals surface area contributed by atoms with Gasteiger partial charge in [-0.05, 0) is 44.5 Å². The number of pyridine rings is 1. The number of carbonyl (C=O) groups is 1. The van der Waals surface area contributed by atoms with Gasteiger partial charge in [0.15, 0.2) is 0 Å². The van der Waals surface area contributed by atoms with Crippen LogP contribution in [0.15, 0.2) is 36.7 Å². The summed E-state index contributed by atoms with van der Waals surface area (Å²) >= 11 is 12.5. The van der Waals surface area contributed by atoms with E-state index in [1.165, 1.54) is 6.08 Å². The predicted molar refractivity (Wildman–Crippen MR) is 104 cm³/mol. The molecule has 2 heterocycles.